The van der Waals surface area contributed by atoms with E-state index in [-0.39, 0.29) is 0 Å². The number of hydrogen-bond donors (Lipinski definition) is 1. The van der Waals surface area contributed by atoms with Crippen LogP contribution >= 0.6 is 15.9 Å². The van der Waals surface area contributed by atoms with Gasteiger partial charge in [0.2, 0.25) is 0 Å². The van der Waals surface area contributed by atoms with E-state index >= 15 is 0 Å². The van der Waals surface area contributed by atoms with Crippen molar-refractivity contribution in [3.05, 3.63) is 57.6 Å². The van der Waals surface area contributed by atoms with Gasteiger partial charge in [-0.2, -0.15) is 0 Å². The highest BCUT2D eigenvalue weighted by Gasteiger charge is 2.19. The summed E-state index contributed by atoms with van der Waals surface area (Å²) in [5, 5.41) is 10.2. The minimum absolute atomic E-state index is 0.410. The molecule has 0 aromatic heterocycles. The fraction of sp³-hybridized carbons (Fsp3) is 0.250. The molecule has 0 saturated heterocycles. The molecule has 0 atom stereocenters. The molecule has 3 rings (SSSR count). The number of para-hydroxylation sites is 1. The Morgan fingerprint density at radius 1 is 1.26 bits per heavy atom. The highest BCUT2D eigenvalue weighted by Crippen LogP contribution is 2.33. The number of rotatable bonds is 2. The van der Waals surface area contributed by atoms with Gasteiger partial charge in [-0.05, 0) is 42.7 Å². The quantitative estimate of drug-likeness (QED) is 0.904. The monoisotopic (exact) mass is 317 g/mol. The molecule has 0 unspecified atom stereocenters. The third kappa shape index (κ3) is 2.35. The molecule has 0 bridgehead atoms. The van der Waals surface area contributed by atoms with E-state index < -0.39 is 0 Å². The molecule has 0 radical (unpaired) electrons. The molecule has 2 aromatic carbocycles. The third-order valence-electron chi connectivity index (χ3n) is 3.69. The van der Waals surface area contributed by atoms with Gasteiger partial charge < -0.3 is 10.0 Å². The van der Waals surface area contributed by atoms with Gasteiger partial charge in [0.25, 0.3) is 0 Å². The van der Waals surface area contributed by atoms with Gasteiger partial charge in [0, 0.05) is 28.8 Å². The van der Waals surface area contributed by atoms with Crippen LogP contribution in [0.25, 0.3) is 0 Å². The van der Waals surface area contributed by atoms with Crippen LogP contribution in [0.3, 0.4) is 0 Å². The molecule has 2 nitrogen and oxygen atoms in total. The molecule has 1 aliphatic rings. The molecule has 2 aromatic rings. The lowest BCUT2D eigenvalue weighted by Gasteiger charge is -2.20. The van der Waals surface area contributed by atoms with Crippen LogP contribution in [-0.2, 0) is 13.0 Å². The van der Waals surface area contributed by atoms with Gasteiger partial charge in [-0.15, -0.1) is 0 Å². The first-order valence-electron chi connectivity index (χ1n) is 6.46. The molecule has 0 spiro atoms. The van der Waals surface area contributed by atoms with E-state index in [1.807, 2.05) is 19.1 Å². The van der Waals surface area contributed by atoms with Crippen molar-refractivity contribution in [2.24, 2.45) is 0 Å². The SMILES string of the molecule is Cc1cc(Br)cc(CN2CCc3ccccc32)c1O. The average Bonchev–Trinajstić information content (AvgIpc) is 2.79. The summed E-state index contributed by atoms with van der Waals surface area (Å²) in [5.74, 6) is 0.410. The number of hydrogen-bond acceptors (Lipinski definition) is 2. The Labute approximate surface area is 121 Å². The second-order valence-corrected chi connectivity index (χ2v) is 5.95. The Morgan fingerprint density at radius 3 is 2.89 bits per heavy atom. The molecular weight excluding hydrogens is 302 g/mol. The van der Waals surface area contributed by atoms with Crippen molar-refractivity contribution in [2.75, 3.05) is 11.4 Å². The highest BCUT2D eigenvalue weighted by atomic mass is 79.9. The van der Waals surface area contributed by atoms with Crippen molar-refractivity contribution in [3.63, 3.8) is 0 Å². The minimum Gasteiger partial charge on any atom is -0.507 e. The average molecular weight is 318 g/mol. The topological polar surface area (TPSA) is 23.5 Å². The third-order valence-corrected chi connectivity index (χ3v) is 4.15. The predicted octanol–water partition coefficient (Wildman–Crippen LogP) is 4.03. The summed E-state index contributed by atoms with van der Waals surface area (Å²) in [6, 6.07) is 12.4. The zero-order valence-electron chi connectivity index (χ0n) is 10.9. The Balaban J connectivity index is 1.92. The van der Waals surface area contributed by atoms with Crippen LogP contribution in [0, 0.1) is 6.92 Å². The molecule has 1 heterocycles. The molecule has 3 heteroatoms. The van der Waals surface area contributed by atoms with E-state index in [4.69, 9.17) is 0 Å². The summed E-state index contributed by atoms with van der Waals surface area (Å²) >= 11 is 3.50. The Kier molecular flexibility index (Phi) is 3.23. The fourth-order valence-electron chi connectivity index (χ4n) is 2.70. The van der Waals surface area contributed by atoms with E-state index in [1.54, 1.807) is 0 Å². The lowest BCUT2D eigenvalue weighted by Crippen LogP contribution is -2.19. The minimum atomic E-state index is 0.410. The van der Waals surface area contributed by atoms with Crippen LogP contribution in [0.5, 0.6) is 5.75 Å². The van der Waals surface area contributed by atoms with E-state index in [1.165, 1.54) is 11.3 Å². The van der Waals surface area contributed by atoms with Crippen LogP contribution in [0.1, 0.15) is 16.7 Å². The summed E-state index contributed by atoms with van der Waals surface area (Å²) in [6.07, 6.45) is 1.09. The maximum absolute atomic E-state index is 10.2. The summed E-state index contributed by atoms with van der Waals surface area (Å²) in [7, 11) is 0. The van der Waals surface area contributed by atoms with Crippen LogP contribution in [0.15, 0.2) is 40.9 Å². The summed E-state index contributed by atoms with van der Waals surface area (Å²) < 4.78 is 1.02. The number of anilines is 1. The number of nitrogens with zero attached hydrogens (tertiary/aromatic N) is 1. The van der Waals surface area contributed by atoms with Crippen LogP contribution in [0.4, 0.5) is 5.69 Å². The van der Waals surface area contributed by atoms with E-state index in [2.05, 4.69) is 45.1 Å². The Hall–Kier alpha value is -1.48. The summed E-state index contributed by atoms with van der Waals surface area (Å²) in [5.41, 5.74) is 4.58. The van der Waals surface area contributed by atoms with Gasteiger partial charge in [0.1, 0.15) is 5.75 Å². The van der Waals surface area contributed by atoms with E-state index in [0.29, 0.717) is 5.75 Å². The number of aromatic hydroxyl groups is 1. The zero-order chi connectivity index (χ0) is 13.4. The number of halogens is 1. The van der Waals surface area contributed by atoms with Crippen LogP contribution in [0.2, 0.25) is 0 Å². The van der Waals surface area contributed by atoms with Gasteiger partial charge in [-0.3, -0.25) is 0 Å². The largest absolute Gasteiger partial charge is 0.507 e. The fourth-order valence-corrected chi connectivity index (χ4v) is 3.32. The smallest absolute Gasteiger partial charge is 0.123 e. The van der Waals surface area contributed by atoms with Crippen molar-refractivity contribution in [1.29, 1.82) is 0 Å². The molecule has 1 aliphatic heterocycles. The first-order chi connectivity index (χ1) is 9.15. The van der Waals surface area contributed by atoms with Gasteiger partial charge in [-0.25, -0.2) is 0 Å². The maximum Gasteiger partial charge on any atom is 0.123 e. The lowest BCUT2D eigenvalue weighted by atomic mass is 10.1. The van der Waals surface area contributed by atoms with Gasteiger partial charge in [-0.1, -0.05) is 34.1 Å². The van der Waals surface area contributed by atoms with Gasteiger partial charge in [0.15, 0.2) is 0 Å². The number of phenolic OH excluding ortho intramolecular Hbond substituents is 1. The van der Waals surface area contributed by atoms with Crippen LogP contribution in [-0.4, -0.2) is 11.7 Å². The van der Waals surface area contributed by atoms with Gasteiger partial charge >= 0.3 is 0 Å². The molecule has 0 amide bonds. The van der Waals surface area contributed by atoms with Crippen molar-refractivity contribution < 1.29 is 5.11 Å². The molecule has 19 heavy (non-hydrogen) atoms. The molecule has 98 valence electrons. The zero-order valence-corrected chi connectivity index (χ0v) is 12.4. The Morgan fingerprint density at radius 2 is 2.05 bits per heavy atom. The van der Waals surface area contributed by atoms with Crippen molar-refractivity contribution in [1.82, 2.24) is 0 Å². The maximum atomic E-state index is 10.2. The molecule has 0 aliphatic carbocycles. The summed E-state index contributed by atoms with van der Waals surface area (Å²) in [4.78, 5) is 2.33. The van der Waals surface area contributed by atoms with Crippen molar-refractivity contribution in [3.8, 4) is 5.75 Å². The van der Waals surface area contributed by atoms with Gasteiger partial charge in [0.05, 0.1) is 0 Å². The van der Waals surface area contributed by atoms with Crippen molar-refractivity contribution >= 4 is 21.6 Å². The molecule has 0 fully saturated rings. The molecule has 0 saturated carbocycles. The lowest BCUT2D eigenvalue weighted by molar-refractivity contribution is 0.463. The first kappa shape index (κ1) is 12.5. The molecule has 1 N–H and O–H groups in total. The van der Waals surface area contributed by atoms with E-state index in [9.17, 15) is 5.11 Å². The first-order valence-corrected chi connectivity index (χ1v) is 7.25. The Bertz CT molecular complexity index is 624. The second kappa shape index (κ2) is 4.89. The second-order valence-electron chi connectivity index (χ2n) is 5.03. The van der Waals surface area contributed by atoms with Crippen LogP contribution < -0.4 is 4.90 Å². The number of benzene rings is 2. The predicted molar refractivity (Wildman–Crippen MR) is 81.7 cm³/mol. The number of fused-ring (bicyclic) bond motifs is 1. The highest BCUT2D eigenvalue weighted by molar-refractivity contribution is 9.10. The van der Waals surface area contributed by atoms with Crippen molar-refractivity contribution in [2.45, 2.75) is 19.9 Å². The van der Waals surface area contributed by atoms with E-state index in [0.717, 1.165) is 35.1 Å². The molecular formula is C16H16BrNO. The number of phenols is 1. The summed E-state index contributed by atoms with van der Waals surface area (Å²) in [6.45, 7) is 3.70. The number of aryl methyl sites for hydroxylation is 1. The standard InChI is InChI=1S/C16H16BrNO/c1-11-8-14(17)9-13(16(11)19)10-18-7-6-12-4-2-3-5-15(12)18/h2-5,8-9,19H,6-7,10H2,1H3. The normalized spacial score (nSPS) is 13.7.